The Morgan fingerprint density at radius 3 is 2.67 bits per heavy atom. The van der Waals surface area contributed by atoms with Gasteiger partial charge in [0.25, 0.3) is 0 Å². The number of thiazole rings is 1. The van der Waals surface area contributed by atoms with Gasteiger partial charge in [0.1, 0.15) is 11.9 Å². The van der Waals surface area contributed by atoms with Crippen molar-refractivity contribution in [1.29, 1.82) is 0 Å². The van der Waals surface area contributed by atoms with Gasteiger partial charge < -0.3 is 25.0 Å². The number of aromatic carboxylic acids is 1. The van der Waals surface area contributed by atoms with Crippen molar-refractivity contribution < 1.29 is 23.8 Å². The van der Waals surface area contributed by atoms with Crippen molar-refractivity contribution in [1.82, 2.24) is 20.3 Å². The van der Waals surface area contributed by atoms with Crippen LogP contribution in [0.4, 0.5) is 16.0 Å². The van der Waals surface area contributed by atoms with Gasteiger partial charge in [0.15, 0.2) is 16.5 Å². The molecule has 2 N–H and O–H groups in total. The first kappa shape index (κ1) is 29.6. The van der Waals surface area contributed by atoms with Crippen molar-refractivity contribution >= 4 is 56.7 Å². The molecule has 42 heavy (non-hydrogen) atoms. The lowest BCUT2D eigenvalue weighted by molar-refractivity contribution is -0.139. The maximum Gasteiger partial charge on any atom is 0.356 e. The number of carbonyl (C=O) groups is 2. The number of allylic oxidation sites excluding steroid dienone is 1. The van der Waals surface area contributed by atoms with E-state index in [1.165, 1.54) is 23.6 Å². The zero-order chi connectivity index (χ0) is 30.0. The minimum atomic E-state index is -1.13. The van der Waals surface area contributed by atoms with Crippen LogP contribution in [0.2, 0.25) is 0 Å². The average Bonchev–Trinajstić information content (AvgIpc) is 3.53. The quantitative estimate of drug-likeness (QED) is 0.335. The summed E-state index contributed by atoms with van der Waals surface area (Å²) in [5.41, 5.74) is 1.83. The second-order valence-electron chi connectivity index (χ2n) is 9.90. The number of halogens is 2. The van der Waals surface area contributed by atoms with E-state index in [9.17, 15) is 19.1 Å². The highest BCUT2D eigenvalue weighted by Gasteiger charge is 2.38. The molecular formula is C28H29BrFN7O4S. The zero-order valence-electron chi connectivity index (χ0n) is 23.2. The van der Waals surface area contributed by atoms with Gasteiger partial charge in [-0.25, -0.2) is 28.9 Å². The van der Waals surface area contributed by atoms with Gasteiger partial charge in [-0.2, -0.15) is 0 Å². The van der Waals surface area contributed by atoms with E-state index in [1.54, 1.807) is 44.2 Å². The van der Waals surface area contributed by atoms with Gasteiger partial charge in [0.05, 0.1) is 28.5 Å². The van der Waals surface area contributed by atoms with Gasteiger partial charge in [0.2, 0.25) is 5.95 Å². The van der Waals surface area contributed by atoms with Crippen molar-refractivity contribution in [2.75, 3.05) is 43.6 Å². The van der Waals surface area contributed by atoms with Crippen LogP contribution >= 0.6 is 27.3 Å². The van der Waals surface area contributed by atoms with Crippen LogP contribution in [0.15, 0.2) is 56.7 Å². The molecule has 0 bridgehead atoms. The Kier molecular flexibility index (Phi) is 8.82. The summed E-state index contributed by atoms with van der Waals surface area (Å²) < 4.78 is 20.4. The number of nitrogens with zero attached hydrogens (tertiary/aromatic N) is 6. The zero-order valence-corrected chi connectivity index (χ0v) is 25.6. The molecule has 0 saturated carbocycles. The third kappa shape index (κ3) is 5.86. The summed E-state index contributed by atoms with van der Waals surface area (Å²) in [5, 5.41) is 15.6. The number of hydrogen-bond donors (Lipinski definition) is 2. The summed E-state index contributed by atoms with van der Waals surface area (Å²) in [6, 6.07) is 3.83. The highest BCUT2D eigenvalue weighted by atomic mass is 79.9. The Morgan fingerprint density at radius 2 is 2.02 bits per heavy atom. The molecule has 2 aliphatic heterocycles. The first-order valence-corrected chi connectivity index (χ1v) is 15.0. The normalized spacial score (nSPS) is 17.5. The smallest absolute Gasteiger partial charge is 0.356 e. The summed E-state index contributed by atoms with van der Waals surface area (Å²) in [6.45, 7) is 2.94. The first-order chi connectivity index (χ1) is 20.2. The number of esters is 1. The Balaban J connectivity index is 1.51. The fourth-order valence-corrected chi connectivity index (χ4v) is 6.17. The number of anilines is 2. The summed E-state index contributed by atoms with van der Waals surface area (Å²) in [7, 11) is 3.47. The molecular weight excluding hydrogens is 629 g/mol. The molecule has 1 fully saturated rings. The highest BCUT2D eigenvalue weighted by molar-refractivity contribution is 9.10. The van der Waals surface area contributed by atoms with Crippen molar-refractivity contribution in [2.45, 2.75) is 25.8 Å². The van der Waals surface area contributed by atoms with Crippen LogP contribution < -0.4 is 15.1 Å². The Labute approximate surface area is 254 Å². The lowest BCUT2D eigenvalue weighted by Crippen LogP contribution is -2.42. The molecule has 1 unspecified atom stereocenters. The van der Waals surface area contributed by atoms with Crippen molar-refractivity contribution in [3.8, 4) is 0 Å². The van der Waals surface area contributed by atoms with E-state index in [0.717, 1.165) is 0 Å². The molecule has 14 heteroatoms. The number of carboxylic acid groups (broad SMARTS) is 1. The van der Waals surface area contributed by atoms with Crippen LogP contribution in [0, 0.1) is 11.7 Å². The Hall–Kier alpha value is -3.91. The largest absolute Gasteiger partial charge is 0.476 e. The molecule has 0 aliphatic carbocycles. The molecule has 4 heterocycles. The summed E-state index contributed by atoms with van der Waals surface area (Å²) >= 11 is 4.76. The van der Waals surface area contributed by atoms with Crippen LogP contribution in [0.5, 0.6) is 0 Å². The highest BCUT2D eigenvalue weighted by Crippen LogP contribution is 2.40. The van der Waals surface area contributed by atoms with E-state index in [4.69, 9.17) is 9.73 Å². The van der Waals surface area contributed by atoms with Crippen molar-refractivity contribution in [2.24, 2.45) is 10.9 Å². The lowest BCUT2D eigenvalue weighted by Gasteiger charge is -2.37. The average molecular weight is 659 g/mol. The Morgan fingerprint density at radius 1 is 1.26 bits per heavy atom. The monoisotopic (exact) mass is 657 g/mol. The Bertz CT molecular complexity index is 1560. The van der Waals surface area contributed by atoms with Crippen molar-refractivity contribution in [3.05, 3.63) is 73.8 Å². The number of carboxylic acids is 1. The maximum atomic E-state index is 14.7. The molecule has 11 nitrogen and oxygen atoms in total. The van der Waals surface area contributed by atoms with Crippen LogP contribution in [-0.2, 0) is 9.53 Å². The first-order valence-electron chi connectivity index (χ1n) is 13.3. The molecule has 2 aliphatic rings. The van der Waals surface area contributed by atoms with E-state index < -0.39 is 23.8 Å². The number of aliphatic imine (C=N–C) groups is 1. The van der Waals surface area contributed by atoms with Gasteiger partial charge >= 0.3 is 11.9 Å². The van der Waals surface area contributed by atoms with Crippen LogP contribution in [0.1, 0.15) is 46.9 Å². The van der Waals surface area contributed by atoms with Gasteiger partial charge in [-0.3, -0.25) is 4.99 Å². The number of nitrogens with one attached hydrogen (secondary N) is 1. The molecule has 1 atom stereocenters. The summed E-state index contributed by atoms with van der Waals surface area (Å²) in [4.78, 5) is 47.0. The molecule has 2 aromatic heterocycles. The second-order valence-corrected chi connectivity index (χ2v) is 11.6. The molecule has 220 valence electrons. The minimum Gasteiger partial charge on any atom is -0.476 e. The van der Waals surface area contributed by atoms with Gasteiger partial charge in [0, 0.05) is 50.4 Å². The number of rotatable bonds is 8. The number of piperidine rings is 1. The third-order valence-electron chi connectivity index (χ3n) is 7.11. The fourth-order valence-electron chi connectivity index (χ4n) is 5.10. The number of ether oxygens (including phenoxy) is 1. The second kappa shape index (κ2) is 12.5. The van der Waals surface area contributed by atoms with Gasteiger partial charge in [-0.05, 0) is 47.3 Å². The molecule has 3 aromatic rings. The number of carbonyl (C=O) groups excluding carboxylic acids is 1. The van der Waals surface area contributed by atoms with E-state index in [0.29, 0.717) is 65.2 Å². The van der Waals surface area contributed by atoms with Crippen LogP contribution in [-0.4, -0.2) is 71.6 Å². The summed E-state index contributed by atoms with van der Waals surface area (Å²) in [5.74, 6) is -1.41. The number of amidine groups is 1. The lowest BCUT2D eigenvalue weighted by atomic mass is 9.85. The molecule has 0 amide bonds. The standard InChI is InChI=1S/C28H29BrFN7O4S/c1-4-41-27(40)19-21(15-8-11-37(12-9-15)28-32-14-18(36(2)3)23(35-28)26(38)39)33-24(25-31-10-13-42-25)34-22(19)16-6-5-7-17(30)20(16)29/h5-7,10,13-15,22H,4,8-9,11-12H2,1-3H3,(H,33,34)(H,38,39). The maximum absolute atomic E-state index is 14.7. The number of benzene rings is 1. The molecule has 5 rings (SSSR count). The van der Waals surface area contributed by atoms with Crippen LogP contribution in [0.25, 0.3) is 0 Å². The predicted molar refractivity (Wildman–Crippen MR) is 161 cm³/mol. The molecule has 0 radical (unpaired) electrons. The molecule has 1 saturated heterocycles. The number of hydrogen-bond acceptors (Lipinski definition) is 11. The van der Waals surface area contributed by atoms with Crippen LogP contribution in [0.3, 0.4) is 0 Å². The van der Waals surface area contributed by atoms with E-state index in [2.05, 4.69) is 36.2 Å². The topological polar surface area (TPSA) is 133 Å². The fraction of sp³-hybridized carbons (Fsp3) is 0.357. The van der Waals surface area contributed by atoms with Gasteiger partial charge in [-0.15, -0.1) is 11.3 Å². The minimum absolute atomic E-state index is 0.0683. The van der Waals surface area contributed by atoms with E-state index in [1.807, 2.05) is 10.3 Å². The third-order valence-corrected chi connectivity index (χ3v) is 8.72. The van der Waals surface area contributed by atoms with E-state index in [-0.39, 0.29) is 22.7 Å². The molecule has 0 spiro atoms. The number of aromatic nitrogens is 3. The molecule has 1 aromatic carbocycles. The predicted octanol–water partition coefficient (Wildman–Crippen LogP) is 4.42. The van der Waals surface area contributed by atoms with Gasteiger partial charge in [-0.1, -0.05) is 12.1 Å². The summed E-state index contributed by atoms with van der Waals surface area (Å²) in [6.07, 6.45) is 4.40. The van der Waals surface area contributed by atoms with E-state index >= 15 is 0 Å². The van der Waals surface area contributed by atoms with Crippen molar-refractivity contribution in [3.63, 3.8) is 0 Å². The SMILES string of the molecule is CCOC(=O)C1=C(C2CCN(c3ncc(N(C)C)c(C(=O)O)n3)CC2)NC(c2nccs2)=NC1c1cccc(F)c1Br.